The highest BCUT2D eigenvalue weighted by Gasteiger charge is 2.18. The molecule has 0 spiro atoms. The summed E-state index contributed by atoms with van der Waals surface area (Å²) in [5.41, 5.74) is 7.80. The van der Waals surface area contributed by atoms with Crippen molar-refractivity contribution in [2.24, 2.45) is 10.8 Å². The van der Waals surface area contributed by atoms with Crippen molar-refractivity contribution in [3.8, 4) is 5.75 Å². The first kappa shape index (κ1) is 18.4. The SMILES string of the molecule is NC(=O)COc1ccc(/C=N\NC(=O)C(=O)NC[C@@H]2CCCO2)cc1. The predicted molar refractivity (Wildman–Crippen MR) is 88.9 cm³/mol. The minimum Gasteiger partial charge on any atom is -0.484 e. The molecule has 1 fully saturated rings. The van der Waals surface area contributed by atoms with E-state index in [9.17, 15) is 14.4 Å². The van der Waals surface area contributed by atoms with Gasteiger partial charge in [0.15, 0.2) is 6.61 Å². The first-order valence-electron chi connectivity index (χ1n) is 7.78. The van der Waals surface area contributed by atoms with Gasteiger partial charge in [-0.3, -0.25) is 14.4 Å². The molecule has 0 radical (unpaired) electrons. The van der Waals surface area contributed by atoms with E-state index in [-0.39, 0.29) is 12.7 Å². The average Bonchev–Trinajstić information content (AvgIpc) is 3.12. The van der Waals surface area contributed by atoms with Crippen molar-refractivity contribution in [1.29, 1.82) is 0 Å². The molecule has 1 saturated heterocycles. The molecule has 0 bridgehead atoms. The number of hydrogen-bond donors (Lipinski definition) is 3. The molecule has 2 rings (SSSR count). The summed E-state index contributed by atoms with van der Waals surface area (Å²) < 4.78 is 10.5. The summed E-state index contributed by atoms with van der Waals surface area (Å²) in [7, 11) is 0. The monoisotopic (exact) mass is 348 g/mol. The molecule has 25 heavy (non-hydrogen) atoms. The number of nitrogens with one attached hydrogen (secondary N) is 2. The van der Waals surface area contributed by atoms with E-state index in [0.29, 0.717) is 24.5 Å². The van der Waals surface area contributed by atoms with Gasteiger partial charge < -0.3 is 20.5 Å². The van der Waals surface area contributed by atoms with Crippen LogP contribution in [-0.4, -0.2) is 49.8 Å². The largest absolute Gasteiger partial charge is 0.484 e. The van der Waals surface area contributed by atoms with Crippen molar-refractivity contribution in [2.45, 2.75) is 18.9 Å². The van der Waals surface area contributed by atoms with E-state index in [1.807, 2.05) is 0 Å². The molecule has 9 nitrogen and oxygen atoms in total. The Morgan fingerprint density at radius 1 is 1.28 bits per heavy atom. The second kappa shape index (κ2) is 9.38. The Kier molecular flexibility index (Phi) is 6.90. The van der Waals surface area contributed by atoms with Crippen LogP contribution in [0.25, 0.3) is 0 Å². The number of ether oxygens (including phenoxy) is 2. The molecule has 134 valence electrons. The van der Waals surface area contributed by atoms with Crippen LogP contribution < -0.4 is 21.2 Å². The first-order valence-corrected chi connectivity index (χ1v) is 7.78. The summed E-state index contributed by atoms with van der Waals surface area (Å²) in [6, 6.07) is 6.59. The Balaban J connectivity index is 1.72. The van der Waals surface area contributed by atoms with Crippen molar-refractivity contribution in [2.75, 3.05) is 19.8 Å². The molecule has 1 heterocycles. The van der Waals surface area contributed by atoms with Crippen LogP contribution in [0.4, 0.5) is 0 Å². The molecule has 0 aliphatic carbocycles. The van der Waals surface area contributed by atoms with E-state index in [1.165, 1.54) is 6.21 Å². The van der Waals surface area contributed by atoms with Gasteiger partial charge in [0.2, 0.25) is 0 Å². The van der Waals surface area contributed by atoms with Crippen LogP contribution >= 0.6 is 0 Å². The molecule has 1 aromatic rings. The molecule has 1 aliphatic rings. The maximum atomic E-state index is 11.6. The number of primary amides is 1. The van der Waals surface area contributed by atoms with E-state index < -0.39 is 17.7 Å². The van der Waals surface area contributed by atoms with Gasteiger partial charge in [0.25, 0.3) is 5.91 Å². The van der Waals surface area contributed by atoms with Crippen molar-refractivity contribution in [3.05, 3.63) is 29.8 Å². The highest BCUT2D eigenvalue weighted by molar-refractivity contribution is 6.35. The fraction of sp³-hybridized carbons (Fsp3) is 0.375. The van der Waals surface area contributed by atoms with Crippen LogP contribution in [0.15, 0.2) is 29.4 Å². The maximum Gasteiger partial charge on any atom is 0.329 e. The van der Waals surface area contributed by atoms with Crippen LogP contribution in [0, 0.1) is 0 Å². The third kappa shape index (κ3) is 6.60. The molecule has 0 unspecified atom stereocenters. The number of hydrazone groups is 1. The summed E-state index contributed by atoms with van der Waals surface area (Å²) >= 11 is 0. The van der Waals surface area contributed by atoms with Gasteiger partial charge in [0.1, 0.15) is 5.75 Å². The van der Waals surface area contributed by atoms with Crippen molar-refractivity contribution in [3.63, 3.8) is 0 Å². The average molecular weight is 348 g/mol. The highest BCUT2D eigenvalue weighted by atomic mass is 16.5. The Labute approximate surface area is 144 Å². The second-order valence-corrected chi connectivity index (χ2v) is 5.37. The van der Waals surface area contributed by atoms with Crippen molar-refractivity contribution < 1.29 is 23.9 Å². The smallest absolute Gasteiger partial charge is 0.329 e. The molecule has 1 atom stereocenters. The van der Waals surface area contributed by atoms with Crippen molar-refractivity contribution >= 4 is 23.9 Å². The first-order chi connectivity index (χ1) is 12.0. The molecule has 3 amide bonds. The quantitative estimate of drug-likeness (QED) is 0.340. The van der Waals surface area contributed by atoms with Crippen LogP contribution in [0.3, 0.4) is 0 Å². The number of nitrogens with two attached hydrogens (primary N) is 1. The molecular weight excluding hydrogens is 328 g/mol. The molecule has 0 aromatic heterocycles. The molecule has 1 aromatic carbocycles. The van der Waals surface area contributed by atoms with Crippen LogP contribution in [0.2, 0.25) is 0 Å². The van der Waals surface area contributed by atoms with Crippen LogP contribution in [0.5, 0.6) is 5.75 Å². The van der Waals surface area contributed by atoms with Crippen LogP contribution in [0.1, 0.15) is 18.4 Å². The van der Waals surface area contributed by atoms with Gasteiger partial charge in [-0.05, 0) is 42.7 Å². The summed E-state index contributed by atoms with van der Waals surface area (Å²) in [6.45, 7) is 0.788. The zero-order chi connectivity index (χ0) is 18.1. The molecule has 4 N–H and O–H groups in total. The van der Waals surface area contributed by atoms with Crippen LogP contribution in [-0.2, 0) is 19.1 Å². The Hall–Kier alpha value is -2.94. The number of nitrogens with zero attached hydrogens (tertiary/aromatic N) is 1. The van der Waals surface area contributed by atoms with Gasteiger partial charge in [-0.1, -0.05) is 0 Å². The number of carbonyl (C=O) groups is 3. The Morgan fingerprint density at radius 3 is 2.68 bits per heavy atom. The maximum absolute atomic E-state index is 11.6. The fourth-order valence-corrected chi connectivity index (χ4v) is 2.11. The van der Waals surface area contributed by atoms with E-state index in [0.717, 1.165) is 12.8 Å². The zero-order valence-electron chi connectivity index (χ0n) is 13.6. The highest BCUT2D eigenvalue weighted by Crippen LogP contribution is 2.11. The van der Waals surface area contributed by atoms with E-state index >= 15 is 0 Å². The zero-order valence-corrected chi connectivity index (χ0v) is 13.6. The fourth-order valence-electron chi connectivity index (χ4n) is 2.11. The van der Waals surface area contributed by atoms with E-state index in [4.69, 9.17) is 15.2 Å². The lowest BCUT2D eigenvalue weighted by Gasteiger charge is -2.09. The summed E-state index contributed by atoms with van der Waals surface area (Å²) in [5, 5.41) is 6.21. The van der Waals surface area contributed by atoms with Gasteiger partial charge in [-0.2, -0.15) is 5.10 Å². The minimum atomic E-state index is -0.851. The normalized spacial score (nSPS) is 16.6. The second-order valence-electron chi connectivity index (χ2n) is 5.37. The lowest BCUT2D eigenvalue weighted by molar-refractivity contribution is -0.139. The Bertz CT molecular complexity index is 638. The standard InChI is InChI=1S/C16H20N4O5/c17-14(21)10-25-12-5-3-11(4-6-12)8-19-20-16(23)15(22)18-9-13-2-1-7-24-13/h3-6,8,13H,1-2,7,9-10H2,(H2,17,21)(H,18,22)(H,20,23)/b19-8-/t13-/m0/s1. The van der Waals surface area contributed by atoms with E-state index in [2.05, 4.69) is 15.8 Å². The molecule has 9 heteroatoms. The topological polar surface area (TPSA) is 132 Å². The summed E-state index contributed by atoms with van der Waals surface area (Å²) in [5.74, 6) is -1.70. The predicted octanol–water partition coefficient (Wildman–Crippen LogP) is -0.704. The third-order valence-corrected chi connectivity index (χ3v) is 3.36. The van der Waals surface area contributed by atoms with E-state index in [1.54, 1.807) is 24.3 Å². The molecule has 0 saturated carbocycles. The minimum absolute atomic E-state index is 0.0319. The van der Waals surface area contributed by atoms with Gasteiger partial charge in [0, 0.05) is 13.2 Å². The number of rotatable bonds is 7. The van der Waals surface area contributed by atoms with Gasteiger partial charge >= 0.3 is 11.8 Å². The van der Waals surface area contributed by atoms with Crippen molar-refractivity contribution in [1.82, 2.24) is 10.7 Å². The molecular formula is C16H20N4O5. The van der Waals surface area contributed by atoms with Gasteiger partial charge in [0.05, 0.1) is 12.3 Å². The number of benzene rings is 1. The number of carbonyl (C=O) groups excluding carboxylic acids is 3. The molecule has 1 aliphatic heterocycles. The number of amides is 3. The lowest BCUT2D eigenvalue weighted by atomic mass is 10.2. The van der Waals surface area contributed by atoms with Gasteiger partial charge in [-0.25, -0.2) is 5.43 Å². The summed E-state index contributed by atoms with van der Waals surface area (Å²) in [4.78, 5) is 33.8. The Morgan fingerprint density at radius 2 is 2.04 bits per heavy atom. The lowest BCUT2D eigenvalue weighted by Crippen LogP contribution is -2.41. The number of hydrogen-bond acceptors (Lipinski definition) is 6. The van der Waals surface area contributed by atoms with Gasteiger partial charge in [-0.15, -0.1) is 0 Å². The third-order valence-electron chi connectivity index (χ3n) is 3.36. The summed E-state index contributed by atoms with van der Waals surface area (Å²) in [6.07, 6.45) is 3.18.